The van der Waals surface area contributed by atoms with E-state index in [0.29, 0.717) is 0 Å². The lowest BCUT2D eigenvalue weighted by Crippen LogP contribution is -2.28. The fourth-order valence-corrected chi connectivity index (χ4v) is 3.98. The second-order valence-electron chi connectivity index (χ2n) is 9.16. The maximum atomic E-state index is 12.6. The molecule has 4 aromatic heterocycles. The van der Waals surface area contributed by atoms with Crippen molar-refractivity contribution in [3.63, 3.8) is 0 Å². The summed E-state index contributed by atoms with van der Waals surface area (Å²) in [5.41, 5.74) is 0.642. The number of H-pyrrole nitrogens is 4. The summed E-state index contributed by atoms with van der Waals surface area (Å²) in [7, 11) is 0. The van der Waals surface area contributed by atoms with Crippen LogP contribution in [-0.2, 0) is 9.59 Å². The number of hydrogen-bond donors (Lipinski definition) is 10. The topological polar surface area (TPSA) is 238 Å². The van der Waals surface area contributed by atoms with E-state index in [1.807, 2.05) is 0 Å². The van der Waals surface area contributed by atoms with Gasteiger partial charge in [-0.3, -0.25) is 28.8 Å². The Kier molecular flexibility index (Phi) is 7.85. The van der Waals surface area contributed by atoms with Gasteiger partial charge in [0.1, 0.15) is 46.0 Å². The van der Waals surface area contributed by atoms with Gasteiger partial charge in [-0.05, 0) is 48.5 Å². The van der Waals surface area contributed by atoms with Gasteiger partial charge in [0.25, 0.3) is 23.6 Å². The largest absolute Gasteiger partial charge is 0.350 e. The zero-order valence-corrected chi connectivity index (χ0v) is 21.9. The van der Waals surface area contributed by atoms with Crippen molar-refractivity contribution in [3.8, 4) is 0 Å². The molecule has 42 heavy (non-hydrogen) atoms. The molecule has 0 atom stereocenters. The molecule has 0 aliphatic carbocycles. The lowest BCUT2D eigenvalue weighted by atomic mass is 10.3. The third-order valence-corrected chi connectivity index (χ3v) is 6.04. The second-order valence-corrected chi connectivity index (χ2v) is 9.16. The summed E-state index contributed by atoms with van der Waals surface area (Å²) in [5, 5.41) is 15.7. The van der Waals surface area contributed by atoms with Crippen molar-refractivity contribution in [2.45, 2.75) is 12.8 Å². The highest BCUT2D eigenvalue weighted by atomic mass is 16.2. The maximum absolute atomic E-state index is 12.6. The third kappa shape index (κ3) is 6.74. The minimum atomic E-state index is -0.518. The average molecular weight is 575 g/mol. The predicted octanol–water partition coefficient (Wildman–Crippen LogP) is 1.33. The number of carbonyl (C=O) groups excluding carboxylic acids is 6. The van der Waals surface area contributed by atoms with E-state index in [2.05, 4.69) is 51.8 Å². The SMILES string of the molecule is O=C1CCNC(=O)c2ccc([nH]2)NC(=O)c2ccc([nH]2)NC(=O)CCNC(=O)c2ccc([nH]2)NC(=O)c2ccc([nH]2)N1. The van der Waals surface area contributed by atoms with Crippen molar-refractivity contribution in [2.24, 2.45) is 0 Å². The molecule has 0 aromatic carbocycles. The van der Waals surface area contributed by atoms with Crippen LogP contribution in [0.2, 0.25) is 0 Å². The molecule has 10 N–H and O–H groups in total. The molecule has 1 aliphatic rings. The van der Waals surface area contributed by atoms with E-state index in [1.54, 1.807) is 0 Å². The molecule has 0 unspecified atom stereocenters. The first-order valence-electron chi connectivity index (χ1n) is 12.8. The van der Waals surface area contributed by atoms with Crippen molar-refractivity contribution in [1.29, 1.82) is 0 Å². The zero-order valence-electron chi connectivity index (χ0n) is 21.9. The summed E-state index contributed by atoms with van der Waals surface area (Å²) in [6.45, 7) is 0.0538. The minimum Gasteiger partial charge on any atom is -0.350 e. The second kappa shape index (κ2) is 12.0. The van der Waals surface area contributed by atoms with E-state index in [9.17, 15) is 28.8 Å². The van der Waals surface area contributed by atoms with Crippen molar-refractivity contribution < 1.29 is 28.8 Å². The molecular weight excluding hydrogens is 548 g/mol. The molecule has 0 fully saturated rings. The molecule has 16 nitrogen and oxygen atoms in total. The summed E-state index contributed by atoms with van der Waals surface area (Å²) in [4.78, 5) is 85.9. The number of hydrogen-bond acceptors (Lipinski definition) is 6. The number of aromatic nitrogens is 4. The van der Waals surface area contributed by atoms with E-state index in [4.69, 9.17) is 0 Å². The Bertz CT molecular complexity index is 1550. The van der Waals surface area contributed by atoms with Gasteiger partial charge in [-0.2, -0.15) is 0 Å². The first kappa shape index (κ1) is 27.5. The first-order valence-corrected chi connectivity index (χ1v) is 12.8. The van der Waals surface area contributed by atoms with E-state index >= 15 is 0 Å². The molecule has 1 aliphatic heterocycles. The molecule has 4 aromatic rings. The Hall–Kier alpha value is -6.06. The monoisotopic (exact) mass is 574 g/mol. The van der Waals surface area contributed by atoms with E-state index in [0.717, 1.165) is 0 Å². The number of fused-ring (bicyclic) bond motifs is 8. The number of nitrogens with one attached hydrogen (secondary N) is 10. The molecule has 0 spiro atoms. The summed E-state index contributed by atoms with van der Waals surface area (Å²) < 4.78 is 0. The van der Waals surface area contributed by atoms with Crippen LogP contribution in [-0.4, -0.2) is 68.5 Å². The number of rotatable bonds is 0. The molecule has 0 saturated heterocycles. The van der Waals surface area contributed by atoms with Crippen molar-refractivity contribution in [2.75, 3.05) is 34.4 Å². The fraction of sp³-hybridized carbons (Fsp3) is 0.154. The summed E-state index contributed by atoms with van der Waals surface area (Å²) >= 11 is 0. The Labute approximate surface area is 236 Å². The molecule has 5 heterocycles. The van der Waals surface area contributed by atoms with Gasteiger partial charge in [0, 0.05) is 25.9 Å². The Morgan fingerprint density at radius 3 is 1.05 bits per heavy atom. The van der Waals surface area contributed by atoms with Crippen LogP contribution >= 0.6 is 0 Å². The van der Waals surface area contributed by atoms with E-state index < -0.39 is 35.4 Å². The van der Waals surface area contributed by atoms with Crippen LogP contribution in [0.25, 0.3) is 0 Å². The molecule has 216 valence electrons. The molecule has 6 amide bonds. The number of anilines is 4. The smallest absolute Gasteiger partial charge is 0.273 e. The van der Waals surface area contributed by atoms with Gasteiger partial charge >= 0.3 is 0 Å². The van der Waals surface area contributed by atoms with Crippen LogP contribution < -0.4 is 31.9 Å². The summed E-state index contributed by atoms with van der Waals surface area (Å²) in [5.74, 6) is -1.74. The standard InChI is InChI=1S/C26H26N10O6/c37-21-9-11-27-23(39)13-1-7-19(29-13)35-25(41)15-3-5-17(31-15)34-22(38)10-12-28-24(40)14-2-8-20(30-14)36-26(42)16-4-6-18(32-16)33-21/h1-8,29-32H,9-12H2,(H,27,39)(H,28,40)(H,33,37)(H,34,38)(H,35,41)(H,36,42). The molecule has 0 radical (unpaired) electrons. The zero-order chi connectivity index (χ0) is 29.6. The van der Waals surface area contributed by atoms with Crippen molar-refractivity contribution in [3.05, 3.63) is 71.3 Å². The quantitative estimate of drug-likeness (QED) is 0.149. The summed E-state index contributed by atoms with van der Waals surface area (Å²) in [6.07, 6.45) is -0.0921. The van der Waals surface area contributed by atoms with Crippen LogP contribution in [0, 0.1) is 0 Å². The van der Waals surface area contributed by atoms with Crippen LogP contribution in [0.1, 0.15) is 54.8 Å². The maximum Gasteiger partial charge on any atom is 0.273 e. The minimum absolute atomic E-state index is 0.0269. The van der Waals surface area contributed by atoms with Gasteiger partial charge in [-0.1, -0.05) is 0 Å². The van der Waals surface area contributed by atoms with E-state index in [-0.39, 0.29) is 72.0 Å². The van der Waals surface area contributed by atoms with Gasteiger partial charge in [0.2, 0.25) is 11.8 Å². The van der Waals surface area contributed by atoms with Crippen LogP contribution in [0.15, 0.2) is 48.5 Å². The number of carbonyl (C=O) groups is 6. The Morgan fingerprint density at radius 1 is 0.381 bits per heavy atom. The highest BCUT2D eigenvalue weighted by Gasteiger charge is 2.16. The molecule has 5 rings (SSSR count). The highest BCUT2D eigenvalue weighted by Crippen LogP contribution is 2.14. The van der Waals surface area contributed by atoms with Crippen LogP contribution in [0.5, 0.6) is 0 Å². The van der Waals surface area contributed by atoms with Gasteiger partial charge in [0.05, 0.1) is 0 Å². The molecule has 0 saturated carbocycles. The first-order chi connectivity index (χ1) is 20.2. The van der Waals surface area contributed by atoms with Gasteiger partial charge in [0.15, 0.2) is 0 Å². The Morgan fingerprint density at radius 2 is 0.690 bits per heavy atom. The lowest BCUT2D eigenvalue weighted by molar-refractivity contribution is -0.116. The predicted molar refractivity (Wildman–Crippen MR) is 150 cm³/mol. The van der Waals surface area contributed by atoms with Gasteiger partial charge in [-0.25, -0.2) is 0 Å². The molecule has 8 bridgehead atoms. The lowest BCUT2D eigenvalue weighted by Gasteiger charge is -2.06. The molecule has 16 heteroatoms. The fourth-order valence-electron chi connectivity index (χ4n) is 3.98. The van der Waals surface area contributed by atoms with Crippen LogP contribution in [0.3, 0.4) is 0 Å². The molecular formula is C26H26N10O6. The number of aromatic amines is 4. The van der Waals surface area contributed by atoms with Crippen LogP contribution in [0.4, 0.5) is 23.3 Å². The normalized spacial score (nSPS) is 15.7. The number of amides is 6. The van der Waals surface area contributed by atoms with Crippen molar-refractivity contribution in [1.82, 2.24) is 30.6 Å². The summed E-state index contributed by atoms with van der Waals surface area (Å²) in [6, 6.07) is 11.9. The highest BCUT2D eigenvalue weighted by molar-refractivity contribution is 6.05. The van der Waals surface area contributed by atoms with Gasteiger partial charge in [-0.15, -0.1) is 0 Å². The third-order valence-electron chi connectivity index (χ3n) is 6.04. The average Bonchev–Trinajstić information content (AvgIpc) is 3.76. The van der Waals surface area contributed by atoms with Crippen molar-refractivity contribution >= 4 is 58.7 Å². The van der Waals surface area contributed by atoms with E-state index in [1.165, 1.54) is 48.5 Å². The Balaban J connectivity index is 1.28. The van der Waals surface area contributed by atoms with Gasteiger partial charge < -0.3 is 51.8 Å².